The van der Waals surface area contributed by atoms with Crippen molar-refractivity contribution in [2.75, 3.05) is 18.4 Å². The molecule has 1 saturated heterocycles. The molecular weight excluding hydrogens is 493 g/mol. The summed E-state index contributed by atoms with van der Waals surface area (Å²) in [7, 11) is 0. The van der Waals surface area contributed by atoms with Gasteiger partial charge in [-0.1, -0.05) is 24.3 Å². The van der Waals surface area contributed by atoms with Gasteiger partial charge in [-0.2, -0.15) is 18.2 Å². The predicted octanol–water partition coefficient (Wildman–Crippen LogP) is 5.78. The summed E-state index contributed by atoms with van der Waals surface area (Å²) in [5, 5.41) is 3.60. The number of pyridine rings is 1. The molecule has 1 fully saturated rings. The number of fused-ring (bicyclic) bond motifs is 1. The van der Waals surface area contributed by atoms with E-state index in [-0.39, 0.29) is 30.5 Å². The van der Waals surface area contributed by atoms with Crippen LogP contribution in [0.5, 0.6) is 0 Å². The van der Waals surface area contributed by atoms with E-state index >= 15 is 0 Å². The first-order chi connectivity index (χ1) is 17.2. The van der Waals surface area contributed by atoms with Gasteiger partial charge in [0.15, 0.2) is 0 Å². The number of hydrogen-bond donors (Lipinski definition) is 1. The molecule has 1 N–H and O–H groups in total. The lowest BCUT2D eigenvalue weighted by Gasteiger charge is -2.31. The van der Waals surface area contributed by atoms with Crippen LogP contribution in [0.4, 0.5) is 27.9 Å². The molecular formula is C26H30F5N5O. The maximum atomic E-state index is 13.5. The van der Waals surface area contributed by atoms with Crippen LogP contribution in [0.1, 0.15) is 50.8 Å². The minimum atomic E-state index is -4.50. The third kappa shape index (κ3) is 6.26. The van der Waals surface area contributed by atoms with E-state index in [4.69, 9.17) is 0 Å². The van der Waals surface area contributed by atoms with E-state index in [9.17, 15) is 26.7 Å². The first kappa shape index (κ1) is 27.0. The number of hydrogen-bond acceptors (Lipinski definition) is 5. The summed E-state index contributed by atoms with van der Waals surface area (Å²) in [6.07, 6.45) is -3.28. The highest BCUT2D eigenvalue weighted by Crippen LogP contribution is 2.39. The van der Waals surface area contributed by atoms with E-state index in [1.165, 1.54) is 18.3 Å². The number of benzene rings is 1. The fraction of sp³-hybridized carbons (Fsp3) is 0.500. The van der Waals surface area contributed by atoms with Crippen molar-refractivity contribution in [1.82, 2.24) is 19.4 Å². The van der Waals surface area contributed by atoms with Crippen molar-refractivity contribution in [1.29, 1.82) is 0 Å². The third-order valence-corrected chi connectivity index (χ3v) is 6.86. The molecule has 1 aliphatic rings. The Morgan fingerprint density at radius 1 is 1.05 bits per heavy atom. The fourth-order valence-electron chi connectivity index (χ4n) is 4.26. The number of likely N-dealkylation sites (tertiary alicyclic amines) is 1. The van der Waals surface area contributed by atoms with Crippen molar-refractivity contribution in [3.05, 3.63) is 64.1 Å². The van der Waals surface area contributed by atoms with Crippen LogP contribution in [0.15, 0.2) is 47.4 Å². The summed E-state index contributed by atoms with van der Waals surface area (Å²) in [4.78, 5) is 23.1. The van der Waals surface area contributed by atoms with Gasteiger partial charge in [-0.15, -0.1) is 0 Å². The van der Waals surface area contributed by atoms with Gasteiger partial charge < -0.3 is 5.32 Å². The van der Waals surface area contributed by atoms with Crippen molar-refractivity contribution < 1.29 is 22.0 Å². The zero-order valence-electron chi connectivity index (χ0n) is 20.9. The third-order valence-electron chi connectivity index (χ3n) is 6.86. The highest BCUT2D eigenvalue weighted by Gasteiger charge is 2.47. The molecule has 3 aromatic rings. The van der Waals surface area contributed by atoms with Crippen LogP contribution in [-0.2, 0) is 13.1 Å². The van der Waals surface area contributed by atoms with Gasteiger partial charge >= 0.3 is 6.18 Å². The van der Waals surface area contributed by atoms with Crippen molar-refractivity contribution in [3.8, 4) is 0 Å². The molecule has 0 aliphatic carbocycles. The SMILES string of the molecule is C[C@H](Nc1ncc2ccc(=O)n(CC(C)(C)C(F)(F)F)c2n1)c1ccc(CN2CCC(F)(F)CC2)cc1. The van der Waals surface area contributed by atoms with Gasteiger partial charge in [-0.25, -0.2) is 13.8 Å². The number of anilines is 1. The van der Waals surface area contributed by atoms with Crippen molar-refractivity contribution >= 4 is 17.0 Å². The average Bonchev–Trinajstić information content (AvgIpc) is 2.82. The van der Waals surface area contributed by atoms with Crippen molar-refractivity contribution in [3.63, 3.8) is 0 Å². The second kappa shape index (κ2) is 10.00. The summed E-state index contributed by atoms with van der Waals surface area (Å²) in [5.74, 6) is -2.39. The summed E-state index contributed by atoms with van der Waals surface area (Å²) >= 11 is 0. The molecule has 1 aromatic carbocycles. The molecule has 2 aromatic heterocycles. The molecule has 0 bridgehead atoms. The lowest BCUT2D eigenvalue weighted by molar-refractivity contribution is -0.215. The number of rotatable bonds is 7. The highest BCUT2D eigenvalue weighted by molar-refractivity contribution is 5.75. The van der Waals surface area contributed by atoms with Gasteiger partial charge in [0, 0.05) is 56.7 Å². The number of piperidine rings is 1. The van der Waals surface area contributed by atoms with Gasteiger partial charge in [0.25, 0.3) is 11.5 Å². The standard InChI is InChI=1S/C26H30F5N5O/c1-17(19-6-4-18(5-7-19)15-35-12-10-25(27,28)11-13-35)33-23-32-14-20-8-9-21(37)36(22(20)34-23)16-24(2,3)26(29,30)31/h4-9,14,17H,10-13,15-16H2,1-3H3,(H,32,33,34)/t17-/m0/s1. The highest BCUT2D eigenvalue weighted by atomic mass is 19.4. The number of nitrogens with one attached hydrogen (secondary N) is 1. The van der Waals surface area contributed by atoms with Crippen LogP contribution >= 0.6 is 0 Å². The van der Waals surface area contributed by atoms with Crippen molar-refractivity contribution in [2.45, 2.75) is 64.8 Å². The predicted molar refractivity (Wildman–Crippen MR) is 132 cm³/mol. The minimum Gasteiger partial charge on any atom is -0.348 e. The Hall–Kier alpha value is -3.08. The molecule has 0 unspecified atom stereocenters. The molecule has 0 amide bonds. The van der Waals surface area contributed by atoms with Crippen molar-refractivity contribution in [2.24, 2.45) is 5.41 Å². The number of halogens is 5. The summed E-state index contributed by atoms with van der Waals surface area (Å²) in [5.41, 5.74) is -0.651. The molecule has 6 nitrogen and oxygen atoms in total. The first-order valence-electron chi connectivity index (χ1n) is 12.1. The molecule has 11 heteroatoms. The smallest absolute Gasteiger partial charge is 0.348 e. The molecule has 0 radical (unpaired) electrons. The largest absolute Gasteiger partial charge is 0.395 e. The Balaban J connectivity index is 1.48. The van der Waals surface area contributed by atoms with Gasteiger partial charge in [-0.3, -0.25) is 14.3 Å². The molecule has 200 valence electrons. The zero-order chi connectivity index (χ0) is 27.0. The molecule has 1 aliphatic heterocycles. The van der Waals surface area contributed by atoms with Gasteiger partial charge in [-0.05, 0) is 38.0 Å². The molecule has 0 spiro atoms. The van der Waals surface area contributed by atoms with E-state index in [1.807, 2.05) is 36.1 Å². The Kier molecular flexibility index (Phi) is 7.29. The Labute approximate surface area is 211 Å². The summed E-state index contributed by atoms with van der Waals surface area (Å²) in [6.45, 7) is 4.72. The van der Waals surface area contributed by atoms with Crippen LogP contribution in [-0.4, -0.2) is 44.6 Å². The maximum absolute atomic E-state index is 13.5. The molecule has 3 heterocycles. The Morgan fingerprint density at radius 3 is 2.32 bits per heavy atom. The van der Waals surface area contributed by atoms with Crippen LogP contribution in [0.3, 0.4) is 0 Å². The van der Waals surface area contributed by atoms with Crippen LogP contribution in [0.2, 0.25) is 0 Å². The monoisotopic (exact) mass is 523 g/mol. The number of alkyl halides is 5. The first-order valence-corrected chi connectivity index (χ1v) is 12.1. The normalized spacial score (nSPS) is 17.6. The number of nitrogens with zero attached hydrogens (tertiary/aromatic N) is 4. The molecule has 4 rings (SSSR count). The van der Waals surface area contributed by atoms with E-state index in [0.29, 0.717) is 25.0 Å². The van der Waals surface area contributed by atoms with Crippen LogP contribution in [0.25, 0.3) is 11.0 Å². The Morgan fingerprint density at radius 2 is 1.70 bits per heavy atom. The molecule has 0 saturated carbocycles. The van der Waals surface area contributed by atoms with E-state index < -0.39 is 29.6 Å². The lowest BCUT2D eigenvalue weighted by atomic mass is 9.92. The second-order valence-corrected chi connectivity index (χ2v) is 10.4. The topological polar surface area (TPSA) is 63.1 Å². The van der Waals surface area contributed by atoms with E-state index in [1.54, 1.807) is 0 Å². The lowest BCUT2D eigenvalue weighted by Crippen LogP contribution is -2.39. The molecule has 37 heavy (non-hydrogen) atoms. The summed E-state index contributed by atoms with van der Waals surface area (Å²) < 4.78 is 68.3. The van der Waals surface area contributed by atoms with E-state index in [0.717, 1.165) is 29.5 Å². The van der Waals surface area contributed by atoms with Crippen LogP contribution < -0.4 is 10.9 Å². The fourth-order valence-corrected chi connectivity index (χ4v) is 4.26. The van der Waals surface area contributed by atoms with Gasteiger partial charge in [0.2, 0.25) is 5.95 Å². The average molecular weight is 524 g/mol. The number of aromatic nitrogens is 3. The quantitative estimate of drug-likeness (QED) is 0.398. The zero-order valence-corrected chi connectivity index (χ0v) is 20.9. The van der Waals surface area contributed by atoms with Gasteiger partial charge in [0.1, 0.15) is 5.65 Å². The maximum Gasteiger partial charge on any atom is 0.395 e. The second-order valence-electron chi connectivity index (χ2n) is 10.4. The summed E-state index contributed by atoms with van der Waals surface area (Å²) in [6, 6.07) is 10.2. The molecule has 1 atom stereocenters. The van der Waals surface area contributed by atoms with Gasteiger partial charge in [0.05, 0.1) is 11.5 Å². The Bertz CT molecular complexity index is 1290. The van der Waals surface area contributed by atoms with E-state index in [2.05, 4.69) is 15.3 Å². The minimum absolute atomic E-state index is 0.122. The van der Waals surface area contributed by atoms with Crippen LogP contribution in [0, 0.1) is 5.41 Å².